The van der Waals surface area contributed by atoms with E-state index in [4.69, 9.17) is 9.15 Å². The molecule has 0 unspecified atom stereocenters. The van der Waals surface area contributed by atoms with Crippen molar-refractivity contribution < 1.29 is 23.5 Å². The molecule has 150 valence electrons. The van der Waals surface area contributed by atoms with E-state index in [0.29, 0.717) is 29.4 Å². The molecule has 2 aliphatic rings. The maximum atomic E-state index is 12.6. The summed E-state index contributed by atoms with van der Waals surface area (Å²) in [7, 11) is 0. The van der Waals surface area contributed by atoms with Gasteiger partial charge < -0.3 is 9.15 Å². The lowest BCUT2D eigenvalue weighted by molar-refractivity contribution is -0.159. The first kappa shape index (κ1) is 19.1. The molecule has 4 rings (SSSR count). The number of likely N-dealkylation sites (tertiary alicyclic amines) is 1. The molecule has 1 saturated heterocycles. The van der Waals surface area contributed by atoms with E-state index in [1.807, 2.05) is 25.1 Å². The smallest absolute Gasteiger partial charge is 0.336 e. The standard InChI is InChI=1S/C22H21NO6/c1-12-7-8-15-14(10-19(24)29-18(15)9-12)11-28-22(27)13(2)23-20(25)16-5-3-4-6-17(16)21(23)26/h3-4,7-10,13,16-17H,5-6,11H2,1-2H3/t13-,16-,17-/m0/s1. The van der Waals surface area contributed by atoms with E-state index in [9.17, 15) is 19.2 Å². The predicted octanol–water partition coefficient (Wildman–Crippen LogP) is 2.48. The van der Waals surface area contributed by atoms with E-state index in [-0.39, 0.29) is 18.4 Å². The fourth-order valence-corrected chi connectivity index (χ4v) is 4.04. The molecule has 0 spiro atoms. The Kier molecular flexibility index (Phi) is 4.82. The minimum absolute atomic E-state index is 0.154. The van der Waals surface area contributed by atoms with Gasteiger partial charge >= 0.3 is 11.6 Å². The van der Waals surface area contributed by atoms with Crippen molar-refractivity contribution in [3.8, 4) is 0 Å². The third-order valence-electron chi connectivity index (χ3n) is 5.63. The fraction of sp³-hybridized carbons (Fsp3) is 0.364. The van der Waals surface area contributed by atoms with Gasteiger partial charge in [-0.2, -0.15) is 0 Å². The van der Waals surface area contributed by atoms with E-state index in [0.717, 1.165) is 10.5 Å². The number of ether oxygens (including phenoxy) is 1. The Labute approximate surface area is 166 Å². The van der Waals surface area contributed by atoms with Crippen molar-refractivity contribution in [3.05, 3.63) is 58.0 Å². The zero-order chi connectivity index (χ0) is 20.7. The van der Waals surface area contributed by atoms with E-state index in [1.54, 1.807) is 12.1 Å². The Bertz CT molecular complexity index is 1070. The summed E-state index contributed by atoms with van der Waals surface area (Å²) in [5, 5.41) is 0.668. The van der Waals surface area contributed by atoms with Gasteiger partial charge in [0.1, 0.15) is 18.2 Å². The Morgan fingerprint density at radius 3 is 2.45 bits per heavy atom. The summed E-state index contributed by atoms with van der Waals surface area (Å²) in [5.41, 5.74) is 1.32. The molecule has 29 heavy (non-hydrogen) atoms. The van der Waals surface area contributed by atoms with Crippen LogP contribution >= 0.6 is 0 Å². The summed E-state index contributed by atoms with van der Waals surface area (Å²) >= 11 is 0. The number of allylic oxidation sites excluding steroid dienone is 2. The summed E-state index contributed by atoms with van der Waals surface area (Å²) in [5.74, 6) is -2.13. The molecule has 0 N–H and O–H groups in total. The van der Waals surface area contributed by atoms with Gasteiger partial charge in [0.05, 0.1) is 11.8 Å². The number of fused-ring (bicyclic) bond motifs is 2. The normalized spacial score (nSPS) is 22.1. The molecule has 7 nitrogen and oxygen atoms in total. The van der Waals surface area contributed by atoms with Gasteiger partial charge in [-0.25, -0.2) is 9.59 Å². The summed E-state index contributed by atoms with van der Waals surface area (Å²) in [6.07, 6.45) is 4.82. The maximum absolute atomic E-state index is 12.6. The number of amides is 2. The number of benzene rings is 1. The zero-order valence-electron chi connectivity index (χ0n) is 16.2. The molecule has 0 bridgehead atoms. The molecule has 1 aliphatic heterocycles. The van der Waals surface area contributed by atoms with Crippen LogP contribution in [0.25, 0.3) is 11.0 Å². The van der Waals surface area contributed by atoms with Crippen LogP contribution in [-0.2, 0) is 25.7 Å². The second kappa shape index (κ2) is 7.31. The van der Waals surface area contributed by atoms with Crippen molar-refractivity contribution in [2.45, 2.75) is 39.3 Å². The first-order valence-electron chi connectivity index (χ1n) is 9.58. The lowest BCUT2D eigenvalue weighted by Crippen LogP contribution is -2.44. The lowest BCUT2D eigenvalue weighted by atomic mass is 9.85. The van der Waals surface area contributed by atoms with Gasteiger partial charge in [0, 0.05) is 17.0 Å². The largest absolute Gasteiger partial charge is 0.459 e. The number of aryl methyl sites for hydroxylation is 1. The number of esters is 1. The van der Waals surface area contributed by atoms with Gasteiger partial charge in [0.2, 0.25) is 11.8 Å². The molecule has 2 amide bonds. The van der Waals surface area contributed by atoms with Crippen LogP contribution in [0.5, 0.6) is 0 Å². The monoisotopic (exact) mass is 395 g/mol. The second-order valence-corrected chi connectivity index (χ2v) is 7.58. The lowest BCUT2D eigenvalue weighted by Gasteiger charge is -2.21. The van der Waals surface area contributed by atoms with Crippen LogP contribution < -0.4 is 5.63 Å². The van der Waals surface area contributed by atoms with Crippen molar-refractivity contribution in [2.24, 2.45) is 11.8 Å². The van der Waals surface area contributed by atoms with Crippen LogP contribution in [0, 0.1) is 18.8 Å². The van der Waals surface area contributed by atoms with E-state index < -0.39 is 29.5 Å². The molecule has 2 aromatic rings. The second-order valence-electron chi connectivity index (χ2n) is 7.58. The number of rotatable bonds is 4. The first-order valence-corrected chi connectivity index (χ1v) is 9.58. The molecule has 1 aromatic carbocycles. The molecular weight excluding hydrogens is 374 g/mol. The number of carbonyl (C=O) groups excluding carboxylic acids is 3. The Morgan fingerprint density at radius 2 is 1.79 bits per heavy atom. The highest BCUT2D eigenvalue weighted by Crippen LogP contribution is 2.36. The minimum atomic E-state index is -1.02. The molecule has 1 aliphatic carbocycles. The average Bonchev–Trinajstić information content (AvgIpc) is 2.95. The van der Waals surface area contributed by atoms with Crippen LogP contribution in [0.4, 0.5) is 0 Å². The van der Waals surface area contributed by atoms with Gasteiger partial charge in [-0.3, -0.25) is 14.5 Å². The number of hydrogen-bond acceptors (Lipinski definition) is 6. The van der Waals surface area contributed by atoms with Crippen LogP contribution in [0.15, 0.2) is 45.6 Å². The van der Waals surface area contributed by atoms with Crippen molar-refractivity contribution in [3.63, 3.8) is 0 Å². The van der Waals surface area contributed by atoms with Crippen molar-refractivity contribution in [1.82, 2.24) is 4.90 Å². The summed E-state index contributed by atoms with van der Waals surface area (Å²) in [4.78, 5) is 50.7. The summed E-state index contributed by atoms with van der Waals surface area (Å²) < 4.78 is 10.6. The molecule has 2 heterocycles. The SMILES string of the molecule is Cc1ccc2c(COC(=O)[C@H](C)N3C(=O)[C@H]4CC=CC[C@@H]4C3=O)cc(=O)oc2c1. The van der Waals surface area contributed by atoms with Crippen molar-refractivity contribution >= 4 is 28.8 Å². The van der Waals surface area contributed by atoms with Gasteiger partial charge in [-0.05, 0) is 38.3 Å². The number of carbonyl (C=O) groups is 3. The topological polar surface area (TPSA) is 93.9 Å². The van der Waals surface area contributed by atoms with Crippen LogP contribution in [0.2, 0.25) is 0 Å². The summed E-state index contributed by atoms with van der Waals surface area (Å²) in [6.45, 7) is 3.22. The minimum Gasteiger partial charge on any atom is -0.459 e. The molecule has 0 radical (unpaired) electrons. The quantitative estimate of drug-likeness (QED) is 0.342. The zero-order valence-corrected chi connectivity index (χ0v) is 16.2. The van der Waals surface area contributed by atoms with Gasteiger partial charge in [-0.1, -0.05) is 24.3 Å². The maximum Gasteiger partial charge on any atom is 0.336 e. The number of hydrogen-bond donors (Lipinski definition) is 0. The molecular formula is C22H21NO6. The van der Waals surface area contributed by atoms with Crippen LogP contribution in [0.1, 0.15) is 30.9 Å². The Hall–Kier alpha value is -3.22. The molecule has 3 atom stereocenters. The van der Waals surface area contributed by atoms with E-state index >= 15 is 0 Å². The highest BCUT2D eigenvalue weighted by Gasteiger charge is 2.50. The third-order valence-corrected chi connectivity index (χ3v) is 5.63. The average molecular weight is 395 g/mol. The first-order chi connectivity index (χ1) is 13.9. The number of imide groups is 1. The molecule has 1 fully saturated rings. The van der Waals surface area contributed by atoms with Crippen LogP contribution in [-0.4, -0.2) is 28.7 Å². The molecule has 1 aromatic heterocycles. The fourth-order valence-electron chi connectivity index (χ4n) is 4.04. The Balaban J connectivity index is 1.50. The van der Waals surface area contributed by atoms with E-state index in [1.165, 1.54) is 13.0 Å². The molecule has 0 saturated carbocycles. The van der Waals surface area contributed by atoms with Gasteiger partial charge in [-0.15, -0.1) is 0 Å². The van der Waals surface area contributed by atoms with Crippen molar-refractivity contribution in [1.29, 1.82) is 0 Å². The highest BCUT2D eigenvalue weighted by atomic mass is 16.5. The van der Waals surface area contributed by atoms with Gasteiger partial charge in [0.25, 0.3) is 0 Å². The number of nitrogens with zero attached hydrogens (tertiary/aromatic N) is 1. The third kappa shape index (κ3) is 3.37. The Morgan fingerprint density at radius 1 is 1.14 bits per heavy atom. The van der Waals surface area contributed by atoms with E-state index in [2.05, 4.69) is 0 Å². The van der Waals surface area contributed by atoms with Crippen molar-refractivity contribution in [2.75, 3.05) is 0 Å². The highest BCUT2D eigenvalue weighted by molar-refractivity contribution is 6.08. The van der Waals surface area contributed by atoms with Crippen LogP contribution in [0.3, 0.4) is 0 Å². The summed E-state index contributed by atoms with van der Waals surface area (Å²) in [6, 6.07) is 5.66. The predicted molar refractivity (Wildman–Crippen MR) is 104 cm³/mol. The van der Waals surface area contributed by atoms with Gasteiger partial charge in [0.15, 0.2) is 0 Å². The molecule has 7 heteroatoms.